The lowest BCUT2D eigenvalue weighted by Gasteiger charge is -2.22. The van der Waals surface area contributed by atoms with Crippen LogP contribution >= 0.6 is 0 Å². The van der Waals surface area contributed by atoms with Crippen molar-refractivity contribution in [3.8, 4) is 0 Å². The van der Waals surface area contributed by atoms with Crippen LogP contribution in [0.5, 0.6) is 0 Å². The molecule has 0 radical (unpaired) electrons. The molecule has 1 aliphatic heterocycles. The van der Waals surface area contributed by atoms with Crippen LogP contribution in [0, 0.1) is 0 Å². The fraction of sp³-hybridized carbons (Fsp3) is 0.765. The lowest BCUT2D eigenvalue weighted by atomic mass is 10.1. The number of allylic oxidation sites excluding steroid dienone is 4. The van der Waals surface area contributed by atoms with Crippen LogP contribution in [0.15, 0.2) is 24.3 Å². The van der Waals surface area contributed by atoms with E-state index in [2.05, 4.69) is 24.3 Å². The molecule has 1 heterocycles. The van der Waals surface area contributed by atoms with Crippen molar-refractivity contribution < 1.29 is 9.47 Å². The molecule has 1 saturated heterocycles. The molecule has 1 rings (SSSR count). The van der Waals surface area contributed by atoms with E-state index in [1.807, 2.05) is 6.92 Å². The second-order valence-corrected chi connectivity index (χ2v) is 5.18. The molecule has 0 amide bonds. The molecule has 0 aromatic carbocycles. The minimum Gasteiger partial charge on any atom is -0.353 e. The maximum Gasteiger partial charge on any atom is 0.157 e. The smallest absolute Gasteiger partial charge is 0.157 e. The highest BCUT2D eigenvalue weighted by atomic mass is 16.7. The average molecular weight is 266 g/mol. The predicted molar refractivity (Wildman–Crippen MR) is 81.2 cm³/mol. The van der Waals surface area contributed by atoms with Gasteiger partial charge in [-0.1, -0.05) is 43.6 Å². The van der Waals surface area contributed by atoms with Gasteiger partial charge in [0, 0.05) is 13.2 Å². The van der Waals surface area contributed by atoms with E-state index in [4.69, 9.17) is 9.47 Å². The molecule has 0 aromatic rings. The number of hydrogen-bond donors (Lipinski definition) is 0. The summed E-state index contributed by atoms with van der Waals surface area (Å²) in [6.45, 7) is 3.79. The van der Waals surface area contributed by atoms with Crippen LogP contribution in [0.4, 0.5) is 0 Å². The zero-order chi connectivity index (χ0) is 13.6. The normalized spacial score (nSPS) is 20.6. The Hall–Kier alpha value is -0.600. The Morgan fingerprint density at radius 1 is 1.05 bits per heavy atom. The highest BCUT2D eigenvalue weighted by molar-refractivity contribution is 5.00. The minimum absolute atomic E-state index is 0.0884. The number of rotatable bonds is 10. The summed E-state index contributed by atoms with van der Waals surface area (Å²) in [5.74, 6) is 0. The second kappa shape index (κ2) is 12.4. The van der Waals surface area contributed by atoms with Gasteiger partial charge in [-0.3, -0.25) is 0 Å². The molecule has 0 spiro atoms. The molecule has 1 atom stereocenters. The van der Waals surface area contributed by atoms with Crippen molar-refractivity contribution in [3.63, 3.8) is 0 Å². The van der Waals surface area contributed by atoms with E-state index >= 15 is 0 Å². The molecule has 0 saturated carbocycles. The van der Waals surface area contributed by atoms with Gasteiger partial charge in [-0.2, -0.15) is 0 Å². The van der Waals surface area contributed by atoms with E-state index in [-0.39, 0.29) is 6.29 Å². The monoisotopic (exact) mass is 266 g/mol. The van der Waals surface area contributed by atoms with Gasteiger partial charge in [0.2, 0.25) is 0 Å². The van der Waals surface area contributed by atoms with Crippen molar-refractivity contribution in [2.75, 3.05) is 13.2 Å². The maximum absolute atomic E-state index is 5.71. The second-order valence-electron chi connectivity index (χ2n) is 5.18. The molecule has 0 aliphatic carbocycles. The van der Waals surface area contributed by atoms with Crippen molar-refractivity contribution >= 4 is 0 Å². The van der Waals surface area contributed by atoms with Crippen LogP contribution in [-0.4, -0.2) is 19.5 Å². The summed E-state index contributed by atoms with van der Waals surface area (Å²) >= 11 is 0. The first-order valence-corrected chi connectivity index (χ1v) is 7.94. The maximum atomic E-state index is 5.71. The van der Waals surface area contributed by atoms with Gasteiger partial charge in [0.15, 0.2) is 6.29 Å². The Kier molecular flexibility index (Phi) is 10.8. The number of ether oxygens (including phenoxy) is 2. The molecule has 2 heteroatoms. The highest BCUT2D eigenvalue weighted by Crippen LogP contribution is 2.14. The summed E-state index contributed by atoms with van der Waals surface area (Å²) in [5.41, 5.74) is 0. The molecule has 1 fully saturated rings. The number of unbranched alkanes of at least 4 members (excludes halogenated alkanes) is 5. The molecular weight excluding hydrogens is 236 g/mol. The fourth-order valence-electron chi connectivity index (χ4n) is 2.24. The summed E-state index contributed by atoms with van der Waals surface area (Å²) in [4.78, 5) is 0. The topological polar surface area (TPSA) is 18.5 Å². The van der Waals surface area contributed by atoms with Crippen molar-refractivity contribution in [2.45, 2.75) is 71.0 Å². The molecule has 110 valence electrons. The molecule has 1 unspecified atom stereocenters. The van der Waals surface area contributed by atoms with E-state index in [0.717, 1.165) is 19.6 Å². The Labute approximate surface area is 118 Å². The molecule has 2 nitrogen and oxygen atoms in total. The Morgan fingerprint density at radius 3 is 2.68 bits per heavy atom. The third kappa shape index (κ3) is 9.92. The van der Waals surface area contributed by atoms with Gasteiger partial charge in [0.05, 0.1) is 0 Å². The van der Waals surface area contributed by atoms with E-state index in [1.54, 1.807) is 0 Å². The molecule has 19 heavy (non-hydrogen) atoms. The summed E-state index contributed by atoms with van der Waals surface area (Å²) in [6, 6.07) is 0. The van der Waals surface area contributed by atoms with Gasteiger partial charge < -0.3 is 9.47 Å². The summed E-state index contributed by atoms with van der Waals surface area (Å²) in [6.07, 6.45) is 19.8. The van der Waals surface area contributed by atoms with Crippen molar-refractivity contribution in [3.05, 3.63) is 24.3 Å². The lowest BCUT2D eigenvalue weighted by Crippen LogP contribution is -2.22. The van der Waals surface area contributed by atoms with Crippen molar-refractivity contribution in [2.24, 2.45) is 0 Å². The summed E-state index contributed by atoms with van der Waals surface area (Å²) in [7, 11) is 0. The van der Waals surface area contributed by atoms with Gasteiger partial charge in [-0.05, 0) is 45.4 Å². The minimum atomic E-state index is 0.0884. The quantitative estimate of drug-likeness (QED) is 0.409. The fourth-order valence-corrected chi connectivity index (χ4v) is 2.24. The molecule has 0 aromatic heterocycles. The van der Waals surface area contributed by atoms with Gasteiger partial charge in [-0.25, -0.2) is 0 Å². The SMILES string of the molecule is CC=CC=CCCCCCCCOC1CCCCO1. The Bertz CT molecular complexity index is 240. The van der Waals surface area contributed by atoms with Crippen molar-refractivity contribution in [1.29, 1.82) is 0 Å². The van der Waals surface area contributed by atoms with Crippen LogP contribution in [-0.2, 0) is 9.47 Å². The van der Waals surface area contributed by atoms with Crippen LogP contribution in [0.3, 0.4) is 0 Å². The lowest BCUT2D eigenvalue weighted by molar-refractivity contribution is -0.162. The van der Waals surface area contributed by atoms with E-state index in [9.17, 15) is 0 Å². The van der Waals surface area contributed by atoms with Gasteiger partial charge >= 0.3 is 0 Å². The van der Waals surface area contributed by atoms with Crippen LogP contribution in [0.1, 0.15) is 64.7 Å². The Balaban J connectivity index is 1.78. The average Bonchev–Trinajstić information content (AvgIpc) is 2.46. The van der Waals surface area contributed by atoms with Crippen molar-refractivity contribution in [1.82, 2.24) is 0 Å². The zero-order valence-electron chi connectivity index (χ0n) is 12.5. The van der Waals surface area contributed by atoms with Gasteiger partial charge in [-0.15, -0.1) is 0 Å². The molecular formula is C17H30O2. The molecule has 1 aliphatic rings. The third-order valence-electron chi connectivity index (χ3n) is 3.40. The van der Waals surface area contributed by atoms with Gasteiger partial charge in [0.25, 0.3) is 0 Å². The zero-order valence-corrected chi connectivity index (χ0v) is 12.5. The molecule has 0 bridgehead atoms. The first-order chi connectivity index (χ1) is 9.43. The van der Waals surface area contributed by atoms with Crippen LogP contribution in [0.2, 0.25) is 0 Å². The van der Waals surface area contributed by atoms with E-state index in [1.165, 1.54) is 51.4 Å². The predicted octanol–water partition coefficient (Wildman–Crippen LogP) is 5.00. The van der Waals surface area contributed by atoms with E-state index in [0.29, 0.717) is 0 Å². The largest absolute Gasteiger partial charge is 0.353 e. The standard InChI is InChI=1S/C17H30O2/c1-2-3-4-5-6-7-8-9-10-12-15-18-17-14-11-13-16-19-17/h2-5,17H,6-16H2,1H3. The first-order valence-electron chi connectivity index (χ1n) is 7.94. The van der Waals surface area contributed by atoms with Crippen LogP contribution in [0.25, 0.3) is 0 Å². The Morgan fingerprint density at radius 2 is 1.89 bits per heavy atom. The molecule has 0 N–H and O–H groups in total. The highest BCUT2D eigenvalue weighted by Gasteiger charge is 2.12. The van der Waals surface area contributed by atoms with Gasteiger partial charge in [0.1, 0.15) is 0 Å². The summed E-state index contributed by atoms with van der Waals surface area (Å²) in [5, 5.41) is 0. The summed E-state index contributed by atoms with van der Waals surface area (Å²) < 4.78 is 11.2. The third-order valence-corrected chi connectivity index (χ3v) is 3.40. The van der Waals surface area contributed by atoms with Crippen LogP contribution < -0.4 is 0 Å². The van der Waals surface area contributed by atoms with E-state index < -0.39 is 0 Å². The number of hydrogen-bond acceptors (Lipinski definition) is 2. The first kappa shape index (κ1) is 16.5.